The SMILES string of the molecule is CNCCC(=O)N1CCN(c2ccc(Cl)cn2)CC1. The van der Waals surface area contributed by atoms with Crippen LogP contribution in [-0.4, -0.2) is 55.6 Å². The van der Waals surface area contributed by atoms with Crippen LogP contribution in [0.15, 0.2) is 18.3 Å². The minimum absolute atomic E-state index is 0.220. The molecule has 0 aromatic carbocycles. The Kier molecular flexibility index (Phi) is 4.99. The van der Waals surface area contributed by atoms with Gasteiger partial charge in [0, 0.05) is 45.3 Å². The standard InChI is InChI=1S/C13H19ClN4O/c1-15-5-4-13(19)18-8-6-17(7-9-18)12-3-2-11(14)10-16-12/h2-3,10,15H,4-9H2,1H3. The summed E-state index contributed by atoms with van der Waals surface area (Å²) < 4.78 is 0. The molecule has 0 saturated carbocycles. The Labute approximate surface area is 118 Å². The average molecular weight is 283 g/mol. The molecule has 1 amide bonds. The average Bonchev–Trinajstić information content (AvgIpc) is 2.46. The zero-order valence-corrected chi connectivity index (χ0v) is 11.9. The van der Waals surface area contributed by atoms with Gasteiger partial charge in [-0.3, -0.25) is 4.79 Å². The lowest BCUT2D eigenvalue weighted by atomic mass is 10.2. The highest BCUT2D eigenvalue weighted by molar-refractivity contribution is 6.30. The van der Waals surface area contributed by atoms with E-state index >= 15 is 0 Å². The third-order valence-corrected chi connectivity index (χ3v) is 3.48. The van der Waals surface area contributed by atoms with Crippen LogP contribution in [0.4, 0.5) is 5.82 Å². The number of carbonyl (C=O) groups is 1. The van der Waals surface area contributed by atoms with Gasteiger partial charge in [0.25, 0.3) is 0 Å². The second-order valence-corrected chi connectivity index (χ2v) is 4.99. The van der Waals surface area contributed by atoms with E-state index in [-0.39, 0.29) is 5.91 Å². The minimum Gasteiger partial charge on any atom is -0.353 e. The summed E-state index contributed by atoms with van der Waals surface area (Å²) in [5, 5.41) is 3.64. The van der Waals surface area contributed by atoms with Gasteiger partial charge in [0.15, 0.2) is 0 Å². The molecule has 6 heteroatoms. The highest BCUT2D eigenvalue weighted by atomic mass is 35.5. The summed E-state index contributed by atoms with van der Waals surface area (Å²) in [6, 6.07) is 3.76. The van der Waals surface area contributed by atoms with Crippen molar-refractivity contribution in [3.8, 4) is 0 Å². The van der Waals surface area contributed by atoms with Crippen LogP contribution in [0.5, 0.6) is 0 Å². The van der Waals surface area contributed by atoms with Crippen molar-refractivity contribution >= 4 is 23.3 Å². The zero-order chi connectivity index (χ0) is 13.7. The van der Waals surface area contributed by atoms with Gasteiger partial charge < -0.3 is 15.1 Å². The molecule has 1 aliphatic heterocycles. The third-order valence-electron chi connectivity index (χ3n) is 3.26. The molecule has 0 atom stereocenters. The lowest BCUT2D eigenvalue weighted by Gasteiger charge is -2.35. The number of rotatable bonds is 4. The quantitative estimate of drug-likeness (QED) is 0.895. The first-order valence-corrected chi connectivity index (χ1v) is 6.87. The van der Waals surface area contributed by atoms with Gasteiger partial charge in [0.2, 0.25) is 5.91 Å². The van der Waals surface area contributed by atoms with Gasteiger partial charge in [0.1, 0.15) is 5.82 Å². The molecule has 1 N–H and O–H groups in total. The van der Waals surface area contributed by atoms with E-state index in [9.17, 15) is 4.79 Å². The van der Waals surface area contributed by atoms with Crippen LogP contribution in [0.25, 0.3) is 0 Å². The molecule has 1 aromatic rings. The lowest BCUT2D eigenvalue weighted by Crippen LogP contribution is -2.49. The number of piperazine rings is 1. The first-order chi connectivity index (χ1) is 9.20. The lowest BCUT2D eigenvalue weighted by molar-refractivity contribution is -0.131. The van der Waals surface area contributed by atoms with Crippen molar-refractivity contribution in [2.75, 3.05) is 44.7 Å². The Morgan fingerprint density at radius 3 is 2.68 bits per heavy atom. The van der Waals surface area contributed by atoms with Crippen molar-refractivity contribution in [3.05, 3.63) is 23.4 Å². The van der Waals surface area contributed by atoms with Gasteiger partial charge in [-0.1, -0.05) is 11.6 Å². The first kappa shape index (κ1) is 14.1. The molecule has 2 heterocycles. The van der Waals surface area contributed by atoms with Gasteiger partial charge in [0.05, 0.1) is 5.02 Å². The van der Waals surface area contributed by atoms with Crippen LogP contribution >= 0.6 is 11.6 Å². The molecule has 0 aliphatic carbocycles. The van der Waals surface area contributed by atoms with E-state index in [1.165, 1.54) is 0 Å². The molecular formula is C13H19ClN4O. The van der Waals surface area contributed by atoms with E-state index in [1.807, 2.05) is 24.1 Å². The zero-order valence-electron chi connectivity index (χ0n) is 11.1. The molecule has 5 nitrogen and oxygen atoms in total. The molecule has 1 fully saturated rings. The van der Waals surface area contributed by atoms with Crippen LogP contribution in [-0.2, 0) is 4.79 Å². The van der Waals surface area contributed by atoms with Gasteiger partial charge in [-0.05, 0) is 19.2 Å². The minimum atomic E-state index is 0.220. The van der Waals surface area contributed by atoms with Crippen molar-refractivity contribution in [2.24, 2.45) is 0 Å². The Morgan fingerprint density at radius 2 is 2.11 bits per heavy atom. The summed E-state index contributed by atoms with van der Waals surface area (Å²) in [7, 11) is 1.86. The highest BCUT2D eigenvalue weighted by Gasteiger charge is 2.21. The fraction of sp³-hybridized carbons (Fsp3) is 0.538. The van der Waals surface area contributed by atoms with E-state index in [1.54, 1.807) is 6.20 Å². The maximum Gasteiger partial charge on any atom is 0.223 e. The van der Waals surface area contributed by atoms with E-state index in [0.717, 1.165) is 38.5 Å². The number of nitrogens with one attached hydrogen (secondary N) is 1. The van der Waals surface area contributed by atoms with Gasteiger partial charge >= 0.3 is 0 Å². The monoisotopic (exact) mass is 282 g/mol. The number of carbonyl (C=O) groups excluding carboxylic acids is 1. The Morgan fingerprint density at radius 1 is 1.37 bits per heavy atom. The summed E-state index contributed by atoms with van der Waals surface area (Å²) in [5.41, 5.74) is 0. The van der Waals surface area contributed by atoms with Crippen molar-refractivity contribution in [1.29, 1.82) is 0 Å². The summed E-state index contributed by atoms with van der Waals surface area (Å²) in [6.07, 6.45) is 2.22. The predicted octanol–water partition coefficient (Wildman–Crippen LogP) is 0.993. The molecule has 2 rings (SSSR count). The predicted molar refractivity (Wildman–Crippen MR) is 76.6 cm³/mol. The Balaban J connectivity index is 1.85. The van der Waals surface area contributed by atoms with Crippen LogP contribution in [0.1, 0.15) is 6.42 Å². The Bertz CT molecular complexity index is 415. The van der Waals surface area contributed by atoms with Crippen LogP contribution < -0.4 is 10.2 Å². The fourth-order valence-corrected chi connectivity index (χ4v) is 2.24. The number of anilines is 1. The summed E-state index contributed by atoms with van der Waals surface area (Å²) in [5.74, 6) is 1.14. The van der Waals surface area contributed by atoms with Crippen molar-refractivity contribution in [3.63, 3.8) is 0 Å². The molecule has 0 bridgehead atoms. The van der Waals surface area contributed by atoms with E-state index in [0.29, 0.717) is 11.4 Å². The fourth-order valence-electron chi connectivity index (χ4n) is 2.13. The third kappa shape index (κ3) is 3.81. The number of aromatic nitrogens is 1. The normalized spacial score (nSPS) is 15.7. The highest BCUT2D eigenvalue weighted by Crippen LogP contribution is 2.16. The first-order valence-electron chi connectivity index (χ1n) is 6.49. The summed E-state index contributed by atoms with van der Waals surface area (Å²) in [6.45, 7) is 3.89. The van der Waals surface area contributed by atoms with Crippen molar-refractivity contribution in [1.82, 2.24) is 15.2 Å². The number of pyridine rings is 1. The molecule has 1 aliphatic rings. The summed E-state index contributed by atoms with van der Waals surface area (Å²) >= 11 is 5.82. The molecule has 1 saturated heterocycles. The maximum atomic E-state index is 11.9. The molecule has 1 aromatic heterocycles. The maximum absolute atomic E-state index is 11.9. The van der Waals surface area contributed by atoms with Crippen LogP contribution in [0, 0.1) is 0 Å². The number of hydrogen-bond acceptors (Lipinski definition) is 4. The number of amides is 1. The van der Waals surface area contributed by atoms with Gasteiger partial charge in [-0.2, -0.15) is 0 Å². The van der Waals surface area contributed by atoms with E-state index in [2.05, 4.69) is 15.2 Å². The van der Waals surface area contributed by atoms with Gasteiger partial charge in [-0.15, -0.1) is 0 Å². The van der Waals surface area contributed by atoms with Crippen molar-refractivity contribution < 1.29 is 4.79 Å². The van der Waals surface area contributed by atoms with Gasteiger partial charge in [-0.25, -0.2) is 4.98 Å². The number of nitrogens with zero attached hydrogens (tertiary/aromatic N) is 3. The topological polar surface area (TPSA) is 48.5 Å². The van der Waals surface area contributed by atoms with Crippen LogP contribution in [0.3, 0.4) is 0 Å². The largest absolute Gasteiger partial charge is 0.353 e. The molecule has 104 valence electrons. The smallest absolute Gasteiger partial charge is 0.223 e. The Hall–Kier alpha value is -1.33. The van der Waals surface area contributed by atoms with Crippen LogP contribution in [0.2, 0.25) is 5.02 Å². The molecule has 0 unspecified atom stereocenters. The second-order valence-electron chi connectivity index (χ2n) is 4.56. The van der Waals surface area contributed by atoms with E-state index < -0.39 is 0 Å². The summed E-state index contributed by atoms with van der Waals surface area (Å²) in [4.78, 5) is 20.3. The molecule has 0 radical (unpaired) electrons. The van der Waals surface area contributed by atoms with E-state index in [4.69, 9.17) is 11.6 Å². The van der Waals surface area contributed by atoms with Crippen molar-refractivity contribution in [2.45, 2.75) is 6.42 Å². The molecule has 19 heavy (non-hydrogen) atoms. The number of hydrogen-bond donors (Lipinski definition) is 1. The second kappa shape index (κ2) is 6.73. The molecular weight excluding hydrogens is 264 g/mol. The molecule has 0 spiro atoms. The number of halogens is 1.